The number of hydrogen-bond donors (Lipinski definition) is 3. The molecule has 8 heteroatoms. The van der Waals surface area contributed by atoms with Crippen molar-refractivity contribution in [3.8, 4) is 17.2 Å². The molecule has 0 saturated heterocycles. The number of aromatic hydroxyl groups is 1. The fourth-order valence-electron chi connectivity index (χ4n) is 2.58. The van der Waals surface area contributed by atoms with Crippen molar-refractivity contribution < 1.29 is 24.2 Å². The molecule has 0 aliphatic heterocycles. The lowest BCUT2D eigenvalue weighted by Gasteiger charge is -2.10. The van der Waals surface area contributed by atoms with Gasteiger partial charge in [-0.2, -0.15) is 5.10 Å². The Morgan fingerprint density at radius 3 is 2.42 bits per heavy atom. The lowest BCUT2D eigenvalue weighted by Crippen LogP contribution is -2.20. The molecular weight excluding hydrogens is 398 g/mol. The number of phenols is 1. The molecular formula is C23H21N3O5. The summed E-state index contributed by atoms with van der Waals surface area (Å²) in [5, 5.41) is 15.9. The minimum Gasteiger partial charge on any atom is -0.508 e. The van der Waals surface area contributed by atoms with Crippen LogP contribution in [0.3, 0.4) is 0 Å². The van der Waals surface area contributed by atoms with E-state index in [2.05, 4.69) is 15.8 Å². The molecule has 0 unspecified atom stereocenters. The van der Waals surface area contributed by atoms with Crippen molar-refractivity contribution >= 4 is 23.7 Å². The molecule has 0 saturated carbocycles. The SMILES string of the molecule is COc1ccccc1NC(=O)COc1ccc(/C=N\NC(=O)c2ccc(O)cc2)cc1. The molecule has 0 aliphatic carbocycles. The van der Waals surface area contributed by atoms with E-state index in [0.29, 0.717) is 22.7 Å². The van der Waals surface area contributed by atoms with Crippen LogP contribution in [-0.2, 0) is 4.79 Å². The Hall–Kier alpha value is -4.33. The Bertz CT molecular complexity index is 1060. The molecule has 0 aromatic heterocycles. The summed E-state index contributed by atoms with van der Waals surface area (Å²) in [5.74, 6) is 0.460. The smallest absolute Gasteiger partial charge is 0.271 e. The highest BCUT2D eigenvalue weighted by molar-refractivity contribution is 5.95. The number of hydrogen-bond acceptors (Lipinski definition) is 6. The number of carbonyl (C=O) groups excluding carboxylic acids is 2. The zero-order valence-corrected chi connectivity index (χ0v) is 16.7. The number of carbonyl (C=O) groups is 2. The van der Waals surface area contributed by atoms with Crippen LogP contribution in [0.4, 0.5) is 5.69 Å². The monoisotopic (exact) mass is 419 g/mol. The van der Waals surface area contributed by atoms with Crippen molar-refractivity contribution in [1.29, 1.82) is 0 Å². The number of phenolic OH excluding ortho intramolecular Hbond substituents is 1. The molecule has 0 atom stereocenters. The number of anilines is 1. The van der Waals surface area contributed by atoms with Gasteiger partial charge in [0.25, 0.3) is 11.8 Å². The summed E-state index contributed by atoms with van der Waals surface area (Å²) in [7, 11) is 1.53. The summed E-state index contributed by atoms with van der Waals surface area (Å²) in [4.78, 5) is 24.0. The molecule has 2 amide bonds. The van der Waals surface area contributed by atoms with Crippen molar-refractivity contribution in [2.75, 3.05) is 19.0 Å². The van der Waals surface area contributed by atoms with Gasteiger partial charge in [-0.1, -0.05) is 12.1 Å². The standard InChI is InChI=1S/C23H21N3O5/c1-30-21-5-3-2-4-20(21)25-22(28)15-31-19-12-6-16(7-13-19)14-24-26-23(29)17-8-10-18(27)11-9-17/h2-14,27H,15H2,1H3,(H,25,28)(H,26,29)/b24-14-. The molecule has 31 heavy (non-hydrogen) atoms. The minimum atomic E-state index is -0.391. The van der Waals surface area contributed by atoms with Gasteiger partial charge in [-0.3, -0.25) is 9.59 Å². The van der Waals surface area contributed by atoms with E-state index in [4.69, 9.17) is 9.47 Å². The molecule has 0 bridgehead atoms. The summed E-state index contributed by atoms with van der Waals surface area (Å²) in [5.41, 5.74) is 4.09. The Labute approximate surface area is 179 Å². The maximum Gasteiger partial charge on any atom is 0.271 e. The first-order valence-corrected chi connectivity index (χ1v) is 9.33. The van der Waals surface area contributed by atoms with Gasteiger partial charge in [0.15, 0.2) is 6.61 Å². The van der Waals surface area contributed by atoms with Crippen molar-refractivity contribution in [1.82, 2.24) is 5.43 Å². The number of benzene rings is 3. The molecule has 0 heterocycles. The second-order valence-corrected chi connectivity index (χ2v) is 6.35. The van der Waals surface area contributed by atoms with Crippen LogP contribution in [0.15, 0.2) is 77.9 Å². The van der Waals surface area contributed by atoms with Crippen LogP contribution < -0.4 is 20.2 Å². The molecule has 158 valence electrons. The quantitative estimate of drug-likeness (QED) is 0.384. The van der Waals surface area contributed by atoms with Crippen molar-refractivity contribution in [2.24, 2.45) is 5.10 Å². The Balaban J connectivity index is 1.47. The first-order valence-electron chi connectivity index (χ1n) is 9.33. The summed E-state index contributed by atoms with van der Waals surface area (Å²) in [6.45, 7) is -0.159. The van der Waals surface area contributed by atoms with Crippen LogP contribution in [0.1, 0.15) is 15.9 Å². The number of ether oxygens (including phenoxy) is 2. The average molecular weight is 419 g/mol. The third kappa shape index (κ3) is 6.33. The molecule has 3 aromatic rings. The third-order valence-corrected chi connectivity index (χ3v) is 4.14. The summed E-state index contributed by atoms with van der Waals surface area (Å²) in [6, 6.07) is 19.8. The van der Waals surface area contributed by atoms with Crippen molar-refractivity contribution in [3.63, 3.8) is 0 Å². The van der Waals surface area contributed by atoms with Gasteiger partial charge in [-0.25, -0.2) is 5.43 Å². The van der Waals surface area contributed by atoms with Gasteiger partial charge in [0.05, 0.1) is 19.0 Å². The minimum absolute atomic E-state index is 0.0830. The zero-order chi connectivity index (χ0) is 22.1. The van der Waals surface area contributed by atoms with Crippen LogP contribution in [0.2, 0.25) is 0 Å². The van der Waals surface area contributed by atoms with Gasteiger partial charge in [0, 0.05) is 5.56 Å². The first-order chi connectivity index (χ1) is 15.0. The van der Waals surface area contributed by atoms with Gasteiger partial charge >= 0.3 is 0 Å². The van der Waals surface area contributed by atoms with Gasteiger partial charge < -0.3 is 19.9 Å². The zero-order valence-electron chi connectivity index (χ0n) is 16.7. The summed E-state index contributed by atoms with van der Waals surface area (Å²) >= 11 is 0. The molecule has 3 rings (SSSR count). The highest BCUT2D eigenvalue weighted by atomic mass is 16.5. The maximum absolute atomic E-state index is 12.1. The first kappa shape index (κ1) is 21.4. The van der Waals surface area contributed by atoms with Gasteiger partial charge in [0.2, 0.25) is 0 Å². The number of nitrogens with one attached hydrogen (secondary N) is 2. The predicted octanol–water partition coefficient (Wildman–Crippen LogP) is 3.18. The Kier molecular flexibility index (Phi) is 7.21. The average Bonchev–Trinajstić information content (AvgIpc) is 2.79. The molecule has 3 N–H and O–H groups in total. The van der Waals surface area contributed by atoms with Crippen molar-refractivity contribution in [2.45, 2.75) is 0 Å². The number of para-hydroxylation sites is 2. The van der Waals surface area contributed by atoms with E-state index in [1.165, 1.54) is 37.6 Å². The third-order valence-electron chi connectivity index (χ3n) is 4.14. The molecule has 0 spiro atoms. The summed E-state index contributed by atoms with van der Waals surface area (Å²) < 4.78 is 10.7. The van der Waals surface area contributed by atoms with Crippen LogP contribution in [-0.4, -0.2) is 36.9 Å². The van der Waals surface area contributed by atoms with Crippen LogP contribution >= 0.6 is 0 Å². The van der Waals surface area contributed by atoms with Crippen molar-refractivity contribution in [3.05, 3.63) is 83.9 Å². The maximum atomic E-state index is 12.1. The van der Waals surface area contributed by atoms with E-state index in [-0.39, 0.29) is 18.3 Å². The van der Waals surface area contributed by atoms with Gasteiger partial charge in [-0.15, -0.1) is 0 Å². The predicted molar refractivity (Wildman–Crippen MR) is 117 cm³/mol. The van der Waals surface area contributed by atoms with E-state index < -0.39 is 5.91 Å². The highest BCUT2D eigenvalue weighted by Crippen LogP contribution is 2.22. The number of nitrogens with zero attached hydrogens (tertiary/aromatic N) is 1. The number of hydrazone groups is 1. The Morgan fingerprint density at radius 2 is 1.71 bits per heavy atom. The van der Waals surface area contributed by atoms with E-state index >= 15 is 0 Å². The fraction of sp³-hybridized carbons (Fsp3) is 0.0870. The topological polar surface area (TPSA) is 109 Å². The number of methoxy groups -OCH3 is 1. The second kappa shape index (κ2) is 10.4. The van der Waals surface area contributed by atoms with Gasteiger partial charge in [0.1, 0.15) is 17.2 Å². The highest BCUT2D eigenvalue weighted by Gasteiger charge is 2.08. The lowest BCUT2D eigenvalue weighted by atomic mass is 10.2. The van der Waals surface area contributed by atoms with Crippen LogP contribution in [0.5, 0.6) is 17.2 Å². The largest absolute Gasteiger partial charge is 0.508 e. The van der Waals surface area contributed by atoms with Gasteiger partial charge in [-0.05, 0) is 66.2 Å². The molecule has 0 fully saturated rings. The second-order valence-electron chi connectivity index (χ2n) is 6.35. The fourth-order valence-corrected chi connectivity index (χ4v) is 2.58. The van der Waals surface area contributed by atoms with E-state index in [0.717, 1.165) is 5.56 Å². The van der Waals surface area contributed by atoms with Crippen LogP contribution in [0, 0.1) is 0 Å². The molecule has 8 nitrogen and oxygen atoms in total. The van der Waals surface area contributed by atoms with E-state index in [1.807, 2.05) is 6.07 Å². The van der Waals surface area contributed by atoms with E-state index in [1.54, 1.807) is 42.5 Å². The van der Waals surface area contributed by atoms with E-state index in [9.17, 15) is 14.7 Å². The normalized spacial score (nSPS) is 10.5. The molecule has 3 aromatic carbocycles. The number of amides is 2. The lowest BCUT2D eigenvalue weighted by molar-refractivity contribution is -0.118. The number of rotatable bonds is 8. The Morgan fingerprint density at radius 1 is 1.00 bits per heavy atom. The molecule has 0 aliphatic rings. The molecule has 0 radical (unpaired) electrons. The van der Waals surface area contributed by atoms with Crippen LogP contribution in [0.25, 0.3) is 0 Å². The summed E-state index contributed by atoms with van der Waals surface area (Å²) in [6.07, 6.45) is 1.48.